The average molecular weight is 344 g/mol. The maximum atomic E-state index is 12.6. The lowest BCUT2D eigenvalue weighted by molar-refractivity contribution is -0.117. The van der Waals surface area contributed by atoms with Crippen molar-refractivity contribution in [2.75, 3.05) is 5.32 Å². The number of aryl methyl sites for hydroxylation is 1. The lowest BCUT2D eigenvalue weighted by Crippen LogP contribution is -2.19. The third-order valence-electron chi connectivity index (χ3n) is 4.24. The fraction of sp³-hybridized carbons (Fsp3) is 0.136. The van der Waals surface area contributed by atoms with Gasteiger partial charge in [0.1, 0.15) is 5.82 Å². The Bertz CT molecular complexity index is 936. The summed E-state index contributed by atoms with van der Waals surface area (Å²) in [5.41, 5.74) is 3.02. The molecule has 0 bridgehead atoms. The summed E-state index contributed by atoms with van der Waals surface area (Å²) in [6, 6.07) is 20.0. The SMILES string of the molecule is Cc1ccnc(NC(=O)[C@H](C)c2cccc(C(=O)c3ccccc3)c2)c1. The zero-order valence-electron chi connectivity index (χ0n) is 14.8. The fourth-order valence-electron chi connectivity index (χ4n) is 2.70. The minimum absolute atomic E-state index is 0.0552. The number of carbonyl (C=O) groups excluding carboxylic acids is 2. The number of amides is 1. The molecular weight excluding hydrogens is 324 g/mol. The summed E-state index contributed by atoms with van der Waals surface area (Å²) in [7, 11) is 0. The molecule has 0 aliphatic rings. The molecule has 1 heterocycles. The number of benzene rings is 2. The van der Waals surface area contributed by atoms with Crippen molar-refractivity contribution in [2.24, 2.45) is 0 Å². The van der Waals surface area contributed by atoms with Gasteiger partial charge in [0.15, 0.2) is 5.78 Å². The van der Waals surface area contributed by atoms with E-state index in [0.29, 0.717) is 16.9 Å². The molecule has 3 rings (SSSR count). The Morgan fingerprint density at radius 1 is 0.923 bits per heavy atom. The van der Waals surface area contributed by atoms with Gasteiger partial charge in [-0.05, 0) is 43.2 Å². The molecule has 0 spiro atoms. The molecule has 1 atom stereocenters. The van der Waals surface area contributed by atoms with Crippen LogP contribution in [-0.2, 0) is 4.79 Å². The van der Waals surface area contributed by atoms with E-state index in [1.54, 1.807) is 36.5 Å². The van der Waals surface area contributed by atoms with Crippen LogP contribution < -0.4 is 5.32 Å². The molecule has 0 saturated heterocycles. The Balaban J connectivity index is 1.78. The first-order valence-corrected chi connectivity index (χ1v) is 8.48. The Morgan fingerprint density at radius 3 is 2.38 bits per heavy atom. The van der Waals surface area contributed by atoms with E-state index in [1.807, 2.05) is 50.2 Å². The quantitative estimate of drug-likeness (QED) is 0.700. The molecule has 0 aliphatic heterocycles. The van der Waals surface area contributed by atoms with Crippen LogP contribution >= 0.6 is 0 Å². The fourth-order valence-corrected chi connectivity index (χ4v) is 2.70. The first kappa shape index (κ1) is 17.5. The number of nitrogens with one attached hydrogen (secondary N) is 1. The predicted octanol–water partition coefficient (Wildman–Crippen LogP) is 4.36. The van der Waals surface area contributed by atoms with E-state index in [0.717, 1.165) is 11.1 Å². The number of ketones is 1. The first-order chi connectivity index (χ1) is 12.5. The second kappa shape index (κ2) is 7.74. The van der Waals surface area contributed by atoms with Crippen molar-refractivity contribution in [3.05, 3.63) is 95.2 Å². The monoisotopic (exact) mass is 344 g/mol. The molecule has 3 aromatic rings. The highest BCUT2D eigenvalue weighted by atomic mass is 16.2. The number of pyridine rings is 1. The largest absolute Gasteiger partial charge is 0.310 e. The van der Waals surface area contributed by atoms with Crippen LogP contribution in [0.2, 0.25) is 0 Å². The van der Waals surface area contributed by atoms with E-state index in [9.17, 15) is 9.59 Å². The second-order valence-electron chi connectivity index (χ2n) is 6.25. The molecule has 1 N–H and O–H groups in total. The lowest BCUT2D eigenvalue weighted by Gasteiger charge is -2.13. The zero-order valence-corrected chi connectivity index (χ0v) is 14.8. The minimum atomic E-state index is -0.402. The topological polar surface area (TPSA) is 59.1 Å². The van der Waals surface area contributed by atoms with E-state index in [2.05, 4.69) is 10.3 Å². The number of hydrogen-bond donors (Lipinski definition) is 1. The molecule has 0 radical (unpaired) electrons. The third kappa shape index (κ3) is 4.03. The maximum Gasteiger partial charge on any atom is 0.232 e. The second-order valence-corrected chi connectivity index (χ2v) is 6.25. The lowest BCUT2D eigenvalue weighted by atomic mass is 9.95. The van der Waals surface area contributed by atoms with E-state index >= 15 is 0 Å². The van der Waals surface area contributed by atoms with Crippen molar-refractivity contribution in [2.45, 2.75) is 19.8 Å². The van der Waals surface area contributed by atoms with Gasteiger partial charge >= 0.3 is 0 Å². The number of anilines is 1. The molecular formula is C22H20N2O2. The molecule has 0 aliphatic carbocycles. The van der Waals surface area contributed by atoms with Crippen LogP contribution in [0.25, 0.3) is 0 Å². The van der Waals surface area contributed by atoms with Crippen LogP contribution in [0.4, 0.5) is 5.82 Å². The number of carbonyl (C=O) groups is 2. The van der Waals surface area contributed by atoms with Gasteiger partial charge in [-0.15, -0.1) is 0 Å². The van der Waals surface area contributed by atoms with E-state index in [4.69, 9.17) is 0 Å². The molecule has 0 fully saturated rings. The van der Waals surface area contributed by atoms with Crippen LogP contribution in [0.3, 0.4) is 0 Å². The number of hydrogen-bond acceptors (Lipinski definition) is 3. The van der Waals surface area contributed by atoms with Crippen LogP contribution in [0, 0.1) is 6.92 Å². The van der Waals surface area contributed by atoms with Crippen LogP contribution in [0.5, 0.6) is 0 Å². The van der Waals surface area contributed by atoms with Crippen LogP contribution in [-0.4, -0.2) is 16.7 Å². The summed E-state index contributed by atoms with van der Waals surface area (Å²) in [4.78, 5) is 29.3. The number of nitrogens with zero attached hydrogens (tertiary/aromatic N) is 1. The first-order valence-electron chi connectivity index (χ1n) is 8.48. The van der Waals surface area contributed by atoms with Crippen molar-refractivity contribution in [1.29, 1.82) is 0 Å². The van der Waals surface area contributed by atoms with Gasteiger partial charge < -0.3 is 5.32 Å². The van der Waals surface area contributed by atoms with Gasteiger partial charge in [-0.25, -0.2) is 4.98 Å². The van der Waals surface area contributed by atoms with Crippen LogP contribution in [0.15, 0.2) is 72.9 Å². The predicted molar refractivity (Wildman–Crippen MR) is 102 cm³/mol. The summed E-state index contributed by atoms with van der Waals surface area (Å²) >= 11 is 0. The molecule has 130 valence electrons. The van der Waals surface area contributed by atoms with Gasteiger partial charge in [0.25, 0.3) is 0 Å². The molecule has 4 nitrogen and oxygen atoms in total. The molecule has 0 unspecified atom stereocenters. The molecule has 1 amide bonds. The molecule has 2 aromatic carbocycles. The maximum absolute atomic E-state index is 12.6. The van der Waals surface area contributed by atoms with Crippen molar-refractivity contribution in [3.63, 3.8) is 0 Å². The van der Waals surface area contributed by atoms with Gasteiger partial charge in [0.2, 0.25) is 5.91 Å². The summed E-state index contributed by atoms with van der Waals surface area (Å²) in [6.07, 6.45) is 1.66. The average Bonchev–Trinajstić information content (AvgIpc) is 2.67. The van der Waals surface area contributed by atoms with Crippen molar-refractivity contribution >= 4 is 17.5 Å². The molecule has 1 aromatic heterocycles. The van der Waals surface area contributed by atoms with Crippen molar-refractivity contribution in [3.8, 4) is 0 Å². The van der Waals surface area contributed by atoms with Gasteiger partial charge in [-0.3, -0.25) is 9.59 Å². The number of aromatic nitrogens is 1. The normalized spacial score (nSPS) is 11.6. The Morgan fingerprint density at radius 2 is 1.65 bits per heavy atom. The molecule has 4 heteroatoms. The van der Waals surface area contributed by atoms with Crippen LogP contribution in [0.1, 0.15) is 39.9 Å². The zero-order chi connectivity index (χ0) is 18.5. The van der Waals surface area contributed by atoms with Gasteiger partial charge in [-0.2, -0.15) is 0 Å². The molecule has 0 saturated carbocycles. The smallest absolute Gasteiger partial charge is 0.232 e. The highest BCUT2D eigenvalue weighted by molar-refractivity contribution is 6.09. The third-order valence-corrected chi connectivity index (χ3v) is 4.24. The molecule has 26 heavy (non-hydrogen) atoms. The standard InChI is InChI=1S/C22H20N2O2/c1-15-11-12-23-20(13-15)24-22(26)16(2)18-9-6-10-19(14-18)21(25)17-7-4-3-5-8-17/h3-14,16H,1-2H3,(H,23,24,26)/t16-/m1/s1. The van der Waals surface area contributed by atoms with E-state index in [-0.39, 0.29) is 11.7 Å². The van der Waals surface area contributed by atoms with Crippen molar-refractivity contribution < 1.29 is 9.59 Å². The van der Waals surface area contributed by atoms with Gasteiger partial charge in [0, 0.05) is 17.3 Å². The summed E-state index contributed by atoms with van der Waals surface area (Å²) in [5, 5.41) is 2.83. The highest BCUT2D eigenvalue weighted by Gasteiger charge is 2.18. The summed E-state index contributed by atoms with van der Waals surface area (Å²) in [6.45, 7) is 3.76. The van der Waals surface area contributed by atoms with Crippen molar-refractivity contribution in [1.82, 2.24) is 4.98 Å². The Kier molecular flexibility index (Phi) is 5.23. The summed E-state index contributed by atoms with van der Waals surface area (Å²) < 4.78 is 0. The Labute approximate surface area is 152 Å². The van der Waals surface area contributed by atoms with E-state index in [1.165, 1.54) is 0 Å². The number of rotatable bonds is 5. The minimum Gasteiger partial charge on any atom is -0.310 e. The summed E-state index contributed by atoms with van der Waals surface area (Å²) in [5.74, 6) is -0.0907. The Hall–Kier alpha value is -3.27. The highest BCUT2D eigenvalue weighted by Crippen LogP contribution is 2.20. The van der Waals surface area contributed by atoms with Gasteiger partial charge in [0.05, 0.1) is 5.92 Å². The van der Waals surface area contributed by atoms with Gasteiger partial charge in [-0.1, -0.05) is 48.5 Å². The van der Waals surface area contributed by atoms with E-state index < -0.39 is 5.92 Å².